The third kappa shape index (κ3) is 4.44. The molecule has 0 saturated carbocycles. The molecule has 3 heterocycles. The van der Waals surface area contributed by atoms with Crippen LogP contribution in [0.25, 0.3) is 0 Å². The van der Waals surface area contributed by atoms with Crippen LogP contribution in [-0.4, -0.2) is 74.5 Å². The number of morpholine rings is 1. The normalized spacial score (nSPS) is 18.4. The maximum absolute atomic E-state index is 12.6. The van der Waals surface area contributed by atoms with Crippen molar-refractivity contribution in [1.82, 2.24) is 15.0 Å². The number of rotatable bonds is 6. The van der Waals surface area contributed by atoms with E-state index in [2.05, 4.69) is 16.1 Å². The monoisotopic (exact) mass is 415 g/mol. The second kappa shape index (κ2) is 9.49. The Morgan fingerprint density at radius 1 is 1.13 bits per heavy atom. The largest absolute Gasteiger partial charge is 0.493 e. The lowest BCUT2D eigenvalue weighted by Gasteiger charge is -2.31. The molecule has 2 fully saturated rings. The Bertz CT molecular complexity index is 854. The summed E-state index contributed by atoms with van der Waals surface area (Å²) in [4.78, 5) is 16.7. The molecule has 2 aromatic rings. The van der Waals surface area contributed by atoms with Crippen LogP contribution in [-0.2, 0) is 11.3 Å². The maximum atomic E-state index is 12.6. The summed E-state index contributed by atoms with van der Waals surface area (Å²) in [7, 11) is 3.33. The molecule has 8 nitrogen and oxygen atoms in total. The van der Waals surface area contributed by atoms with Crippen molar-refractivity contribution in [2.45, 2.75) is 25.3 Å². The quantitative estimate of drug-likeness (QED) is 0.717. The highest BCUT2D eigenvalue weighted by molar-refractivity contribution is 5.91. The molecule has 4 rings (SSSR count). The fourth-order valence-corrected chi connectivity index (χ4v) is 4.21. The van der Waals surface area contributed by atoms with E-state index in [1.165, 1.54) is 0 Å². The molecule has 0 bridgehead atoms. The number of benzene rings is 1. The second-order valence-electron chi connectivity index (χ2n) is 7.72. The first-order valence-corrected chi connectivity index (χ1v) is 10.5. The minimum atomic E-state index is -0.0976. The van der Waals surface area contributed by atoms with E-state index in [1.807, 2.05) is 18.2 Å². The third-order valence-corrected chi connectivity index (χ3v) is 5.92. The Balaban J connectivity index is 1.34. The first-order chi connectivity index (χ1) is 14.7. The minimum absolute atomic E-state index is 0.0976. The van der Waals surface area contributed by atoms with Crippen LogP contribution in [0.4, 0.5) is 0 Å². The number of carbonyl (C=O) groups is 1. The molecule has 0 radical (unpaired) electrons. The van der Waals surface area contributed by atoms with Crippen LogP contribution in [0.2, 0.25) is 0 Å². The molecule has 2 aliphatic rings. The van der Waals surface area contributed by atoms with Gasteiger partial charge in [-0.25, -0.2) is 0 Å². The number of para-hydroxylation sites is 1. The van der Waals surface area contributed by atoms with Crippen LogP contribution < -0.4 is 9.47 Å². The summed E-state index contributed by atoms with van der Waals surface area (Å²) in [6, 6.07) is 7.80. The van der Waals surface area contributed by atoms with Crippen LogP contribution in [0.1, 0.15) is 40.6 Å². The predicted octanol–water partition coefficient (Wildman–Crippen LogP) is 2.54. The number of nitrogens with zero attached hydrogens (tertiary/aromatic N) is 3. The highest BCUT2D eigenvalue weighted by Crippen LogP contribution is 2.33. The molecule has 0 spiro atoms. The van der Waals surface area contributed by atoms with E-state index >= 15 is 0 Å². The van der Waals surface area contributed by atoms with E-state index in [9.17, 15) is 4.79 Å². The van der Waals surface area contributed by atoms with E-state index in [-0.39, 0.29) is 5.91 Å². The van der Waals surface area contributed by atoms with Crippen LogP contribution in [0, 0.1) is 0 Å². The first-order valence-electron chi connectivity index (χ1n) is 10.5. The van der Waals surface area contributed by atoms with Crippen molar-refractivity contribution in [2.24, 2.45) is 0 Å². The van der Waals surface area contributed by atoms with Gasteiger partial charge in [0, 0.05) is 37.2 Å². The number of hydrogen-bond donors (Lipinski definition) is 0. The molecule has 162 valence electrons. The minimum Gasteiger partial charge on any atom is -0.493 e. The number of hydrogen-bond acceptors (Lipinski definition) is 7. The van der Waals surface area contributed by atoms with Gasteiger partial charge in [0.05, 0.1) is 33.1 Å². The summed E-state index contributed by atoms with van der Waals surface area (Å²) in [5.41, 5.74) is 2.00. The fraction of sp³-hybridized carbons (Fsp3) is 0.545. The summed E-state index contributed by atoms with van der Waals surface area (Å²) < 4.78 is 21.7. The lowest BCUT2D eigenvalue weighted by atomic mass is 9.93. The number of likely N-dealkylation sites (tertiary alicyclic amines) is 1. The number of piperidine rings is 1. The Labute approximate surface area is 176 Å². The zero-order valence-electron chi connectivity index (χ0n) is 17.6. The van der Waals surface area contributed by atoms with Gasteiger partial charge in [-0.2, -0.15) is 0 Å². The second-order valence-corrected chi connectivity index (χ2v) is 7.72. The van der Waals surface area contributed by atoms with E-state index in [0.717, 1.165) is 55.2 Å². The molecule has 0 N–H and O–H groups in total. The average Bonchev–Trinajstić information content (AvgIpc) is 3.29. The molecule has 1 aromatic heterocycles. The van der Waals surface area contributed by atoms with E-state index in [1.54, 1.807) is 19.1 Å². The molecule has 8 heteroatoms. The van der Waals surface area contributed by atoms with E-state index in [4.69, 9.17) is 18.7 Å². The van der Waals surface area contributed by atoms with E-state index in [0.29, 0.717) is 38.0 Å². The summed E-state index contributed by atoms with van der Waals surface area (Å²) in [6.07, 6.45) is 1.95. The van der Waals surface area contributed by atoms with Crippen molar-refractivity contribution in [3.8, 4) is 11.5 Å². The van der Waals surface area contributed by atoms with Gasteiger partial charge in [-0.15, -0.1) is 0 Å². The zero-order valence-corrected chi connectivity index (χ0v) is 17.6. The predicted molar refractivity (Wildman–Crippen MR) is 110 cm³/mol. The Hall–Kier alpha value is -2.58. The highest BCUT2D eigenvalue weighted by Gasteiger charge is 2.27. The van der Waals surface area contributed by atoms with Crippen LogP contribution >= 0.6 is 0 Å². The standard InChI is InChI=1S/C22H29N3O5/c1-27-19-5-3-4-17(21(19)28-2)15-24-8-6-16(7-9-24)18-14-20(30-23-18)22(26)25-10-12-29-13-11-25/h3-5,14,16H,6-13,15H2,1-2H3. The van der Waals surface area contributed by atoms with Crippen LogP contribution in [0.5, 0.6) is 11.5 Å². The third-order valence-electron chi connectivity index (χ3n) is 5.92. The van der Waals surface area contributed by atoms with Gasteiger partial charge in [-0.1, -0.05) is 17.3 Å². The van der Waals surface area contributed by atoms with Gasteiger partial charge < -0.3 is 23.6 Å². The summed E-state index contributed by atoms with van der Waals surface area (Å²) >= 11 is 0. The molecular formula is C22H29N3O5. The number of ether oxygens (including phenoxy) is 3. The van der Waals surface area contributed by atoms with Gasteiger partial charge in [0.25, 0.3) is 5.91 Å². The molecule has 30 heavy (non-hydrogen) atoms. The van der Waals surface area contributed by atoms with Crippen molar-refractivity contribution in [2.75, 3.05) is 53.6 Å². The van der Waals surface area contributed by atoms with Crippen molar-refractivity contribution in [3.05, 3.63) is 41.3 Å². The van der Waals surface area contributed by atoms with Crippen molar-refractivity contribution in [3.63, 3.8) is 0 Å². The SMILES string of the molecule is COc1cccc(CN2CCC(c3cc(C(=O)N4CCOCC4)on3)CC2)c1OC. The molecular weight excluding hydrogens is 386 g/mol. The lowest BCUT2D eigenvalue weighted by Crippen LogP contribution is -2.40. The van der Waals surface area contributed by atoms with Gasteiger partial charge in [0.2, 0.25) is 5.76 Å². The first kappa shape index (κ1) is 20.7. The molecule has 1 aromatic carbocycles. The number of amides is 1. The maximum Gasteiger partial charge on any atom is 0.292 e. The summed E-state index contributed by atoms with van der Waals surface area (Å²) in [5, 5.41) is 4.21. The van der Waals surface area contributed by atoms with Gasteiger partial charge in [-0.3, -0.25) is 9.69 Å². The average molecular weight is 415 g/mol. The molecule has 0 atom stereocenters. The molecule has 0 aliphatic carbocycles. The molecule has 2 aliphatic heterocycles. The summed E-state index contributed by atoms with van der Waals surface area (Å²) in [6.45, 7) is 5.05. The topological polar surface area (TPSA) is 77.3 Å². The number of carbonyl (C=O) groups excluding carboxylic acids is 1. The fourth-order valence-electron chi connectivity index (χ4n) is 4.21. The summed E-state index contributed by atoms with van der Waals surface area (Å²) in [5.74, 6) is 2.09. The number of methoxy groups -OCH3 is 2. The Kier molecular flexibility index (Phi) is 6.54. The lowest BCUT2D eigenvalue weighted by molar-refractivity contribution is 0.0277. The smallest absolute Gasteiger partial charge is 0.292 e. The van der Waals surface area contributed by atoms with Gasteiger partial charge in [0.1, 0.15) is 0 Å². The van der Waals surface area contributed by atoms with Crippen molar-refractivity contribution >= 4 is 5.91 Å². The molecule has 1 amide bonds. The highest BCUT2D eigenvalue weighted by atomic mass is 16.5. The van der Waals surface area contributed by atoms with E-state index < -0.39 is 0 Å². The van der Waals surface area contributed by atoms with Gasteiger partial charge in [0.15, 0.2) is 11.5 Å². The molecule has 2 saturated heterocycles. The Morgan fingerprint density at radius 3 is 2.60 bits per heavy atom. The van der Waals surface area contributed by atoms with Gasteiger partial charge in [-0.05, 0) is 32.0 Å². The van der Waals surface area contributed by atoms with Crippen molar-refractivity contribution < 1.29 is 23.5 Å². The zero-order chi connectivity index (χ0) is 20.9. The Morgan fingerprint density at radius 2 is 1.90 bits per heavy atom. The van der Waals surface area contributed by atoms with Crippen LogP contribution in [0.15, 0.2) is 28.8 Å². The molecule has 0 unspecified atom stereocenters. The van der Waals surface area contributed by atoms with Crippen molar-refractivity contribution in [1.29, 1.82) is 0 Å². The van der Waals surface area contributed by atoms with Gasteiger partial charge >= 0.3 is 0 Å². The number of aromatic nitrogens is 1. The van der Waals surface area contributed by atoms with Crippen LogP contribution in [0.3, 0.4) is 0 Å².